The molecular formula is C48H31NO2. The molecule has 0 radical (unpaired) electrons. The Balaban J connectivity index is 1.34. The van der Waals surface area contributed by atoms with Gasteiger partial charge in [-0.2, -0.15) is 0 Å². The lowest BCUT2D eigenvalue weighted by molar-refractivity contribution is 0.668. The molecule has 10 aromatic rings. The van der Waals surface area contributed by atoms with Crippen molar-refractivity contribution >= 4 is 60.9 Å². The van der Waals surface area contributed by atoms with Gasteiger partial charge in [-0.15, -0.1) is 0 Å². The van der Waals surface area contributed by atoms with Crippen molar-refractivity contribution in [2.75, 3.05) is 4.90 Å². The Bertz CT molecular complexity index is 2860. The van der Waals surface area contributed by atoms with Gasteiger partial charge in [-0.25, -0.2) is 0 Å². The van der Waals surface area contributed by atoms with Crippen molar-refractivity contribution in [1.82, 2.24) is 0 Å². The van der Waals surface area contributed by atoms with E-state index in [2.05, 4.69) is 169 Å². The van der Waals surface area contributed by atoms with E-state index < -0.39 is 0 Å². The number of benzene rings is 8. The maximum atomic E-state index is 6.48. The topological polar surface area (TPSA) is 29.5 Å². The number of hydrogen-bond donors (Lipinski definition) is 0. The maximum absolute atomic E-state index is 6.48. The molecule has 8 aromatic carbocycles. The Kier molecular flexibility index (Phi) is 6.81. The third-order valence-electron chi connectivity index (χ3n) is 9.88. The molecule has 0 amide bonds. The highest BCUT2D eigenvalue weighted by molar-refractivity contribution is 6.15. The number of furan rings is 2. The van der Waals surface area contributed by atoms with Gasteiger partial charge < -0.3 is 13.7 Å². The summed E-state index contributed by atoms with van der Waals surface area (Å²) in [5, 5.41) is 4.35. The Morgan fingerprint density at radius 2 is 0.843 bits per heavy atom. The summed E-state index contributed by atoms with van der Waals surface area (Å²) >= 11 is 0. The van der Waals surface area contributed by atoms with E-state index in [4.69, 9.17) is 8.83 Å². The normalized spacial score (nSPS) is 11.5. The minimum absolute atomic E-state index is 0.850. The lowest BCUT2D eigenvalue weighted by atomic mass is 9.90. The van der Waals surface area contributed by atoms with Crippen molar-refractivity contribution in [1.29, 1.82) is 0 Å². The van der Waals surface area contributed by atoms with Gasteiger partial charge in [0.25, 0.3) is 0 Å². The summed E-state index contributed by atoms with van der Waals surface area (Å²) in [5.41, 5.74) is 13.5. The van der Waals surface area contributed by atoms with E-state index in [0.717, 1.165) is 94.3 Å². The highest BCUT2D eigenvalue weighted by Gasteiger charge is 2.26. The molecular weight excluding hydrogens is 623 g/mol. The Morgan fingerprint density at radius 3 is 1.65 bits per heavy atom. The fourth-order valence-corrected chi connectivity index (χ4v) is 7.63. The van der Waals surface area contributed by atoms with Crippen molar-refractivity contribution in [2.45, 2.75) is 0 Å². The van der Waals surface area contributed by atoms with Crippen LogP contribution in [0.5, 0.6) is 0 Å². The summed E-state index contributed by atoms with van der Waals surface area (Å²) in [4.78, 5) is 2.44. The van der Waals surface area contributed by atoms with E-state index in [0.29, 0.717) is 0 Å². The number of rotatable bonds is 6. The molecule has 0 saturated carbocycles. The Hall–Kier alpha value is -6.84. The van der Waals surface area contributed by atoms with E-state index in [1.165, 1.54) is 0 Å². The number of fused-ring (bicyclic) bond motifs is 6. The predicted molar refractivity (Wildman–Crippen MR) is 212 cm³/mol. The number of anilines is 3. The minimum Gasteiger partial charge on any atom is -0.456 e. The van der Waals surface area contributed by atoms with E-state index >= 15 is 0 Å². The van der Waals surface area contributed by atoms with Gasteiger partial charge in [-0.1, -0.05) is 140 Å². The van der Waals surface area contributed by atoms with Crippen LogP contribution in [-0.4, -0.2) is 0 Å². The summed E-state index contributed by atoms with van der Waals surface area (Å²) in [6, 6.07) is 66.3. The van der Waals surface area contributed by atoms with Crippen molar-refractivity contribution in [3.05, 3.63) is 188 Å². The van der Waals surface area contributed by atoms with Crippen LogP contribution in [0.3, 0.4) is 0 Å². The van der Waals surface area contributed by atoms with Gasteiger partial charge in [0.05, 0.1) is 22.4 Å². The average molecular weight is 654 g/mol. The largest absolute Gasteiger partial charge is 0.456 e. The van der Waals surface area contributed by atoms with Crippen LogP contribution in [0, 0.1) is 0 Å². The summed E-state index contributed by atoms with van der Waals surface area (Å²) in [6.45, 7) is 0. The quantitative estimate of drug-likeness (QED) is 0.179. The van der Waals surface area contributed by atoms with E-state index in [9.17, 15) is 0 Å². The first-order valence-electron chi connectivity index (χ1n) is 17.3. The first-order chi connectivity index (χ1) is 25.3. The van der Waals surface area contributed by atoms with Crippen LogP contribution in [0.4, 0.5) is 17.1 Å². The summed E-state index contributed by atoms with van der Waals surface area (Å²) in [5.74, 6) is 0. The zero-order valence-corrected chi connectivity index (χ0v) is 27.7. The summed E-state index contributed by atoms with van der Waals surface area (Å²) in [7, 11) is 0. The summed E-state index contributed by atoms with van der Waals surface area (Å²) < 4.78 is 12.8. The van der Waals surface area contributed by atoms with Crippen molar-refractivity contribution in [3.63, 3.8) is 0 Å². The van der Waals surface area contributed by atoms with E-state index in [1.54, 1.807) is 0 Å². The monoisotopic (exact) mass is 653 g/mol. The van der Waals surface area contributed by atoms with Crippen LogP contribution in [0.25, 0.3) is 77.3 Å². The smallest absolute Gasteiger partial charge is 0.137 e. The van der Waals surface area contributed by atoms with Crippen LogP contribution < -0.4 is 4.90 Å². The predicted octanol–water partition coefficient (Wildman–Crippen LogP) is 14.0. The van der Waals surface area contributed by atoms with Gasteiger partial charge in [0.15, 0.2) is 0 Å². The zero-order chi connectivity index (χ0) is 33.7. The molecule has 2 heterocycles. The van der Waals surface area contributed by atoms with Crippen LogP contribution in [0.1, 0.15) is 0 Å². The fourth-order valence-electron chi connectivity index (χ4n) is 7.63. The molecule has 0 saturated heterocycles. The molecule has 2 aromatic heterocycles. The lowest BCUT2D eigenvalue weighted by Crippen LogP contribution is -2.13. The molecule has 0 aliphatic carbocycles. The van der Waals surface area contributed by atoms with Crippen LogP contribution in [0.15, 0.2) is 197 Å². The van der Waals surface area contributed by atoms with Gasteiger partial charge >= 0.3 is 0 Å². The fraction of sp³-hybridized carbons (Fsp3) is 0. The molecule has 10 rings (SSSR count). The van der Waals surface area contributed by atoms with Gasteiger partial charge in [-0.05, 0) is 70.8 Å². The first-order valence-corrected chi connectivity index (χ1v) is 17.3. The molecule has 51 heavy (non-hydrogen) atoms. The third kappa shape index (κ3) is 4.82. The van der Waals surface area contributed by atoms with Gasteiger partial charge in [0, 0.05) is 27.3 Å². The maximum Gasteiger partial charge on any atom is 0.137 e. The molecule has 0 bridgehead atoms. The number of para-hydroxylation sites is 3. The molecule has 0 spiro atoms. The second-order valence-electron chi connectivity index (χ2n) is 12.8. The van der Waals surface area contributed by atoms with Crippen molar-refractivity contribution in [3.8, 4) is 33.4 Å². The van der Waals surface area contributed by atoms with Crippen molar-refractivity contribution < 1.29 is 8.83 Å². The number of hydrogen-bond acceptors (Lipinski definition) is 3. The first kappa shape index (κ1) is 29.1. The van der Waals surface area contributed by atoms with Gasteiger partial charge in [0.1, 0.15) is 22.3 Å². The molecule has 0 atom stereocenters. The standard InChI is InChI=1S/C48H31NO2/c1-3-15-32(16-4-1)35-19-7-10-23-40(35)49(42-25-14-28-46-48(42)38-21-9-12-27-44(38)51-46)41-24-13-22-36(33-17-5-2-6-18-33)47(41)34-29-30-45-39(31-34)37-20-8-11-26-43(37)50-45/h1-31H. The van der Waals surface area contributed by atoms with Crippen LogP contribution >= 0.6 is 0 Å². The molecule has 0 unspecified atom stereocenters. The molecule has 0 N–H and O–H groups in total. The molecule has 3 nitrogen and oxygen atoms in total. The van der Waals surface area contributed by atoms with Crippen molar-refractivity contribution in [2.24, 2.45) is 0 Å². The molecule has 3 heteroatoms. The second-order valence-corrected chi connectivity index (χ2v) is 12.8. The van der Waals surface area contributed by atoms with Gasteiger partial charge in [-0.3, -0.25) is 0 Å². The minimum atomic E-state index is 0.850. The molecule has 0 aliphatic rings. The summed E-state index contributed by atoms with van der Waals surface area (Å²) in [6.07, 6.45) is 0. The van der Waals surface area contributed by atoms with Crippen LogP contribution in [-0.2, 0) is 0 Å². The second kappa shape index (κ2) is 11.9. The highest BCUT2D eigenvalue weighted by atomic mass is 16.3. The van der Waals surface area contributed by atoms with E-state index in [-0.39, 0.29) is 0 Å². The Labute approximate surface area is 295 Å². The average Bonchev–Trinajstić information content (AvgIpc) is 3.77. The molecule has 0 aliphatic heterocycles. The number of nitrogens with zero attached hydrogens (tertiary/aromatic N) is 1. The van der Waals surface area contributed by atoms with Gasteiger partial charge in [0.2, 0.25) is 0 Å². The SMILES string of the molecule is c1ccc(-c2ccccc2N(c2cccc(-c3ccccc3)c2-c2ccc3oc4ccccc4c3c2)c2cccc3oc4ccccc4c23)cc1. The Morgan fingerprint density at radius 1 is 0.314 bits per heavy atom. The molecule has 0 fully saturated rings. The van der Waals surface area contributed by atoms with E-state index in [1.807, 2.05) is 24.3 Å². The van der Waals surface area contributed by atoms with Crippen LogP contribution in [0.2, 0.25) is 0 Å². The lowest BCUT2D eigenvalue weighted by Gasteiger charge is -2.31. The molecule has 240 valence electrons. The zero-order valence-electron chi connectivity index (χ0n) is 27.7. The highest BCUT2D eigenvalue weighted by Crippen LogP contribution is 2.51. The third-order valence-corrected chi connectivity index (χ3v) is 9.88.